The molecule has 0 radical (unpaired) electrons. The molecule has 0 atom stereocenters. The van der Waals surface area contributed by atoms with Gasteiger partial charge in [-0.2, -0.15) is 0 Å². The molecule has 3 rings (SSSR count). The number of thiophene rings is 1. The van der Waals surface area contributed by atoms with E-state index in [0.29, 0.717) is 6.54 Å². The second kappa shape index (κ2) is 5.02. The van der Waals surface area contributed by atoms with Crippen molar-refractivity contribution < 1.29 is 0 Å². The molecule has 2 N–H and O–H groups in total. The van der Waals surface area contributed by atoms with Gasteiger partial charge in [-0.15, -0.1) is 22.7 Å². The molecule has 0 bridgehead atoms. The Morgan fingerprint density at radius 2 is 1.89 bits per heavy atom. The number of aromatic nitrogens is 1. The van der Waals surface area contributed by atoms with Crippen LogP contribution in [-0.4, -0.2) is 4.98 Å². The van der Waals surface area contributed by atoms with Crippen LogP contribution in [0.5, 0.6) is 0 Å². The Hall–Kier alpha value is -1.49. The van der Waals surface area contributed by atoms with Crippen LogP contribution in [0.1, 0.15) is 5.01 Å². The summed E-state index contributed by atoms with van der Waals surface area (Å²) in [4.78, 5) is 7.06. The van der Waals surface area contributed by atoms with Crippen LogP contribution < -0.4 is 5.73 Å². The van der Waals surface area contributed by atoms with Gasteiger partial charge in [0.15, 0.2) is 0 Å². The van der Waals surface area contributed by atoms with Gasteiger partial charge < -0.3 is 5.73 Å². The summed E-state index contributed by atoms with van der Waals surface area (Å²) in [6.45, 7) is 0.496. The Morgan fingerprint density at radius 3 is 2.56 bits per heavy atom. The minimum atomic E-state index is 0.496. The van der Waals surface area contributed by atoms with Crippen LogP contribution in [-0.2, 0) is 6.54 Å². The van der Waals surface area contributed by atoms with Crippen molar-refractivity contribution >= 4 is 22.7 Å². The molecule has 3 aromatic rings. The van der Waals surface area contributed by atoms with Crippen LogP contribution in [0.2, 0.25) is 0 Å². The van der Waals surface area contributed by atoms with Gasteiger partial charge in [0.2, 0.25) is 0 Å². The van der Waals surface area contributed by atoms with E-state index < -0.39 is 0 Å². The van der Waals surface area contributed by atoms with Crippen LogP contribution in [0.25, 0.3) is 21.0 Å². The number of nitrogens with zero attached hydrogens (tertiary/aromatic N) is 1. The van der Waals surface area contributed by atoms with E-state index in [0.717, 1.165) is 10.7 Å². The molecule has 0 spiro atoms. The Kier molecular flexibility index (Phi) is 3.23. The molecule has 0 aliphatic heterocycles. The first-order valence-corrected chi connectivity index (χ1v) is 7.37. The smallest absolute Gasteiger partial charge is 0.108 e. The van der Waals surface area contributed by atoms with Gasteiger partial charge in [-0.25, -0.2) is 4.98 Å². The van der Waals surface area contributed by atoms with Crippen molar-refractivity contribution in [1.82, 2.24) is 4.98 Å². The van der Waals surface area contributed by atoms with Gasteiger partial charge in [-0.1, -0.05) is 36.4 Å². The summed E-state index contributed by atoms with van der Waals surface area (Å²) >= 11 is 3.39. The van der Waals surface area contributed by atoms with Gasteiger partial charge in [0, 0.05) is 6.54 Å². The normalized spacial score (nSPS) is 10.7. The number of hydrogen-bond acceptors (Lipinski definition) is 4. The standard InChI is InChI=1S/C14H12N2S2/c15-9-12-16-13(11-7-4-8-17-11)14(18-12)10-5-2-1-3-6-10/h1-8H,9,15H2. The molecule has 1 aromatic carbocycles. The fourth-order valence-corrected chi connectivity index (χ4v) is 3.56. The maximum atomic E-state index is 5.71. The van der Waals surface area contributed by atoms with Gasteiger partial charge in [-0.3, -0.25) is 0 Å². The fourth-order valence-electron chi connectivity index (χ4n) is 1.82. The number of thiazole rings is 1. The zero-order chi connectivity index (χ0) is 12.4. The van der Waals surface area contributed by atoms with Gasteiger partial charge >= 0.3 is 0 Å². The molecule has 2 aromatic heterocycles. The molecule has 0 aliphatic rings. The van der Waals surface area contributed by atoms with E-state index in [1.54, 1.807) is 22.7 Å². The molecular weight excluding hydrogens is 260 g/mol. The highest BCUT2D eigenvalue weighted by Crippen LogP contribution is 2.38. The van der Waals surface area contributed by atoms with Crippen molar-refractivity contribution in [3.05, 3.63) is 52.9 Å². The minimum Gasteiger partial charge on any atom is -0.325 e. The lowest BCUT2D eigenvalue weighted by molar-refractivity contribution is 1.04. The molecule has 0 saturated carbocycles. The summed E-state index contributed by atoms with van der Waals surface area (Å²) in [5.74, 6) is 0. The highest BCUT2D eigenvalue weighted by molar-refractivity contribution is 7.17. The molecular formula is C14H12N2S2. The molecule has 0 aliphatic carbocycles. The van der Waals surface area contributed by atoms with Gasteiger partial charge in [0.25, 0.3) is 0 Å². The van der Waals surface area contributed by atoms with E-state index in [1.165, 1.54) is 15.3 Å². The van der Waals surface area contributed by atoms with Crippen LogP contribution in [0.4, 0.5) is 0 Å². The highest BCUT2D eigenvalue weighted by atomic mass is 32.1. The van der Waals surface area contributed by atoms with Gasteiger partial charge in [0.1, 0.15) is 5.01 Å². The number of nitrogens with two attached hydrogens (primary N) is 1. The van der Waals surface area contributed by atoms with E-state index in [-0.39, 0.29) is 0 Å². The number of hydrogen-bond donors (Lipinski definition) is 1. The predicted molar refractivity (Wildman–Crippen MR) is 78.8 cm³/mol. The van der Waals surface area contributed by atoms with Crippen molar-refractivity contribution in [2.24, 2.45) is 5.73 Å². The van der Waals surface area contributed by atoms with Crippen LogP contribution in [0.3, 0.4) is 0 Å². The SMILES string of the molecule is NCc1nc(-c2cccs2)c(-c2ccccc2)s1. The Bertz CT molecular complexity index is 627. The summed E-state index contributed by atoms with van der Waals surface area (Å²) in [5, 5.41) is 3.06. The van der Waals surface area contributed by atoms with Crippen LogP contribution in [0.15, 0.2) is 47.8 Å². The van der Waals surface area contributed by atoms with Crippen LogP contribution in [0, 0.1) is 0 Å². The monoisotopic (exact) mass is 272 g/mol. The maximum absolute atomic E-state index is 5.71. The van der Waals surface area contributed by atoms with Crippen molar-refractivity contribution in [2.45, 2.75) is 6.54 Å². The fraction of sp³-hybridized carbons (Fsp3) is 0.0714. The maximum Gasteiger partial charge on any atom is 0.108 e. The van der Waals surface area contributed by atoms with Crippen molar-refractivity contribution in [2.75, 3.05) is 0 Å². The van der Waals surface area contributed by atoms with Crippen molar-refractivity contribution in [3.8, 4) is 21.0 Å². The summed E-state index contributed by atoms with van der Waals surface area (Å²) in [6, 6.07) is 14.5. The molecule has 4 heteroatoms. The largest absolute Gasteiger partial charge is 0.325 e. The lowest BCUT2D eigenvalue weighted by atomic mass is 10.1. The highest BCUT2D eigenvalue weighted by Gasteiger charge is 2.14. The van der Waals surface area contributed by atoms with Gasteiger partial charge in [-0.05, 0) is 17.0 Å². The second-order valence-corrected chi connectivity index (χ2v) is 5.86. The zero-order valence-corrected chi connectivity index (χ0v) is 11.3. The summed E-state index contributed by atoms with van der Waals surface area (Å²) in [5.41, 5.74) is 7.98. The summed E-state index contributed by atoms with van der Waals surface area (Å²) in [6.07, 6.45) is 0. The molecule has 0 fully saturated rings. The van der Waals surface area contributed by atoms with E-state index in [2.05, 4.69) is 46.8 Å². The molecule has 18 heavy (non-hydrogen) atoms. The Morgan fingerprint density at radius 1 is 1.06 bits per heavy atom. The number of rotatable bonds is 3. The topological polar surface area (TPSA) is 38.9 Å². The zero-order valence-electron chi connectivity index (χ0n) is 9.67. The van der Waals surface area contributed by atoms with E-state index >= 15 is 0 Å². The van der Waals surface area contributed by atoms with Gasteiger partial charge in [0.05, 0.1) is 15.4 Å². The third-order valence-corrected chi connectivity index (χ3v) is 4.64. The third-order valence-electron chi connectivity index (χ3n) is 2.64. The molecule has 2 nitrogen and oxygen atoms in total. The van der Waals surface area contributed by atoms with Crippen molar-refractivity contribution in [3.63, 3.8) is 0 Å². The van der Waals surface area contributed by atoms with Crippen LogP contribution >= 0.6 is 22.7 Å². The molecule has 0 saturated heterocycles. The third kappa shape index (κ3) is 2.10. The van der Waals surface area contributed by atoms with Crippen molar-refractivity contribution in [1.29, 1.82) is 0 Å². The molecule has 0 amide bonds. The molecule has 90 valence electrons. The second-order valence-electron chi connectivity index (χ2n) is 3.83. The first kappa shape index (κ1) is 11.6. The Labute approximate surface area is 114 Å². The first-order chi connectivity index (χ1) is 8.88. The lowest BCUT2D eigenvalue weighted by Crippen LogP contribution is -1.94. The Balaban J connectivity index is 2.17. The average molecular weight is 272 g/mol. The lowest BCUT2D eigenvalue weighted by Gasteiger charge is -1.99. The minimum absolute atomic E-state index is 0.496. The van der Waals surface area contributed by atoms with E-state index in [4.69, 9.17) is 5.73 Å². The average Bonchev–Trinajstić information content (AvgIpc) is 3.08. The summed E-state index contributed by atoms with van der Waals surface area (Å²) in [7, 11) is 0. The quantitative estimate of drug-likeness (QED) is 0.782. The predicted octanol–water partition coefficient (Wildman–Crippen LogP) is 4.00. The molecule has 0 unspecified atom stereocenters. The van der Waals surface area contributed by atoms with E-state index in [1.807, 2.05) is 6.07 Å². The van der Waals surface area contributed by atoms with E-state index in [9.17, 15) is 0 Å². The molecule has 2 heterocycles. The first-order valence-electron chi connectivity index (χ1n) is 5.67. The number of benzene rings is 1. The summed E-state index contributed by atoms with van der Waals surface area (Å²) < 4.78 is 0.